The fourth-order valence-corrected chi connectivity index (χ4v) is 2.11. The first-order chi connectivity index (χ1) is 9.11. The van der Waals surface area contributed by atoms with Crippen LogP contribution in [0.15, 0.2) is 30.6 Å². The number of imidazole rings is 1. The van der Waals surface area contributed by atoms with Gasteiger partial charge in [-0.3, -0.25) is 0 Å². The quantitative estimate of drug-likeness (QED) is 0.901. The van der Waals surface area contributed by atoms with E-state index in [4.69, 9.17) is 5.73 Å². The molecule has 0 bridgehead atoms. The van der Waals surface area contributed by atoms with Crippen LogP contribution < -0.4 is 5.73 Å². The van der Waals surface area contributed by atoms with Crippen molar-refractivity contribution in [2.75, 3.05) is 0 Å². The number of halogens is 2. The summed E-state index contributed by atoms with van der Waals surface area (Å²) in [6.07, 6.45) is 4.23. The number of hydrogen-bond acceptors (Lipinski definition) is 2. The molecule has 0 fully saturated rings. The van der Waals surface area contributed by atoms with Gasteiger partial charge in [-0.15, -0.1) is 0 Å². The first-order valence-corrected chi connectivity index (χ1v) is 6.30. The predicted molar refractivity (Wildman–Crippen MR) is 69.6 cm³/mol. The maximum Gasteiger partial charge on any atom is 0.129 e. The number of aryl methyl sites for hydroxylation is 1. The highest BCUT2D eigenvalue weighted by molar-refractivity contribution is 5.21. The lowest BCUT2D eigenvalue weighted by Crippen LogP contribution is -2.28. The molecular formula is C14H17F2N3. The molecular weight excluding hydrogens is 248 g/mol. The minimum atomic E-state index is -0.547. The highest BCUT2D eigenvalue weighted by Gasteiger charge is 2.15. The largest absolute Gasteiger partial charge is 0.335 e. The van der Waals surface area contributed by atoms with Crippen LogP contribution in [0.3, 0.4) is 0 Å². The number of rotatable bonds is 5. The molecule has 2 N–H and O–H groups in total. The molecule has 1 unspecified atom stereocenters. The third-order valence-corrected chi connectivity index (χ3v) is 3.12. The van der Waals surface area contributed by atoms with Crippen molar-refractivity contribution in [1.82, 2.24) is 9.55 Å². The zero-order valence-corrected chi connectivity index (χ0v) is 10.8. The van der Waals surface area contributed by atoms with Crippen LogP contribution in [0.25, 0.3) is 0 Å². The van der Waals surface area contributed by atoms with Crippen LogP contribution in [-0.2, 0) is 19.4 Å². The molecule has 2 rings (SSSR count). The van der Waals surface area contributed by atoms with Crippen LogP contribution in [0.2, 0.25) is 0 Å². The Bertz CT molecular complexity index is 531. The Kier molecular flexibility index (Phi) is 4.27. The summed E-state index contributed by atoms with van der Waals surface area (Å²) < 4.78 is 29.0. The minimum Gasteiger partial charge on any atom is -0.335 e. The van der Waals surface area contributed by atoms with Crippen molar-refractivity contribution in [3.8, 4) is 0 Å². The zero-order chi connectivity index (χ0) is 13.8. The summed E-state index contributed by atoms with van der Waals surface area (Å²) in [5.41, 5.74) is 6.02. The van der Waals surface area contributed by atoms with E-state index in [0.29, 0.717) is 6.42 Å². The summed E-state index contributed by atoms with van der Waals surface area (Å²) in [5.74, 6) is -0.254. The molecule has 1 aromatic heterocycles. The van der Waals surface area contributed by atoms with Gasteiger partial charge in [-0.25, -0.2) is 13.8 Å². The minimum absolute atomic E-state index is 0.0459. The van der Waals surface area contributed by atoms with Gasteiger partial charge in [-0.05, 0) is 25.5 Å². The second-order valence-corrected chi connectivity index (χ2v) is 4.50. The topological polar surface area (TPSA) is 43.8 Å². The average Bonchev–Trinajstić information content (AvgIpc) is 2.81. The van der Waals surface area contributed by atoms with Crippen molar-refractivity contribution in [3.63, 3.8) is 0 Å². The van der Waals surface area contributed by atoms with Crippen LogP contribution in [-0.4, -0.2) is 15.6 Å². The molecule has 3 nitrogen and oxygen atoms in total. The van der Waals surface area contributed by atoms with Gasteiger partial charge in [-0.2, -0.15) is 0 Å². The van der Waals surface area contributed by atoms with Crippen LogP contribution >= 0.6 is 0 Å². The molecule has 19 heavy (non-hydrogen) atoms. The Balaban J connectivity index is 2.07. The van der Waals surface area contributed by atoms with Crippen molar-refractivity contribution in [3.05, 3.63) is 53.6 Å². The maximum absolute atomic E-state index is 13.5. The summed E-state index contributed by atoms with van der Waals surface area (Å²) in [7, 11) is 0. The molecule has 0 aliphatic heterocycles. The van der Waals surface area contributed by atoms with Gasteiger partial charge in [0.2, 0.25) is 0 Å². The molecule has 0 saturated heterocycles. The molecule has 0 saturated carbocycles. The van der Waals surface area contributed by atoms with E-state index in [0.717, 1.165) is 12.4 Å². The van der Waals surface area contributed by atoms with Gasteiger partial charge in [0.25, 0.3) is 0 Å². The molecule has 1 atom stereocenters. The van der Waals surface area contributed by atoms with E-state index in [9.17, 15) is 8.78 Å². The molecule has 5 heteroatoms. The maximum atomic E-state index is 13.5. The monoisotopic (exact) mass is 265 g/mol. The average molecular weight is 265 g/mol. The number of aromatic nitrogens is 2. The molecule has 0 spiro atoms. The first-order valence-electron chi connectivity index (χ1n) is 6.30. The van der Waals surface area contributed by atoms with Crippen LogP contribution in [0, 0.1) is 11.6 Å². The SMILES string of the molecule is CCn1ccnc1CC(N)Cc1c(F)cccc1F. The molecule has 1 heterocycles. The van der Waals surface area contributed by atoms with E-state index in [-0.39, 0.29) is 18.0 Å². The second kappa shape index (κ2) is 5.93. The number of hydrogen-bond donors (Lipinski definition) is 1. The van der Waals surface area contributed by atoms with E-state index >= 15 is 0 Å². The van der Waals surface area contributed by atoms with Crippen molar-refractivity contribution < 1.29 is 8.78 Å². The highest BCUT2D eigenvalue weighted by atomic mass is 19.1. The van der Waals surface area contributed by atoms with Crippen LogP contribution in [0.5, 0.6) is 0 Å². The number of benzene rings is 1. The second-order valence-electron chi connectivity index (χ2n) is 4.50. The van der Waals surface area contributed by atoms with Gasteiger partial charge >= 0.3 is 0 Å². The van der Waals surface area contributed by atoms with Crippen molar-refractivity contribution >= 4 is 0 Å². The van der Waals surface area contributed by atoms with Crippen molar-refractivity contribution in [2.24, 2.45) is 5.73 Å². The highest BCUT2D eigenvalue weighted by Crippen LogP contribution is 2.15. The molecule has 0 radical (unpaired) electrons. The molecule has 0 aliphatic carbocycles. The Morgan fingerprint density at radius 1 is 1.26 bits per heavy atom. The molecule has 102 valence electrons. The Morgan fingerprint density at radius 3 is 2.58 bits per heavy atom. The van der Waals surface area contributed by atoms with Crippen LogP contribution in [0.1, 0.15) is 18.3 Å². The molecule has 1 aromatic carbocycles. The smallest absolute Gasteiger partial charge is 0.129 e. The fraction of sp³-hybridized carbons (Fsp3) is 0.357. The van der Waals surface area contributed by atoms with E-state index in [1.54, 1.807) is 6.20 Å². The Morgan fingerprint density at radius 2 is 1.95 bits per heavy atom. The summed E-state index contributed by atoms with van der Waals surface area (Å²) in [4.78, 5) is 4.21. The van der Waals surface area contributed by atoms with Crippen molar-refractivity contribution in [2.45, 2.75) is 32.4 Å². The fourth-order valence-electron chi connectivity index (χ4n) is 2.11. The summed E-state index contributed by atoms with van der Waals surface area (Å²) in [5, 5.41) is 0. The molecule has 2 aromatic rings. The summed E-state index contributed by atoms with van der Waals surface area (Å²) in [6, 6.07) is 3.49. The number of nitrogens with two attached hydrogens (primary N) is 1. The van der Waals surface area contributed by atoms with E-state index in [1.165, 1.54) is 18.2 Å². The molecule has 0 aliphatic rings. The van der Waals surface area contributed by atoms with Gasteiger partial charge in [0.15, 0.2) is 0 Å². The van der Waals surface area contributed by atoms with Crippen LogP contribution in [0.4, 0.5) is 8.78 Å². The van der Waals surface area contributed by atoms with Gasteiger partial charge < -0.3 is 10.3 Å². The third-order valence-electron chi connectivity index (χ3n) is 3.12. The lowest BCUT2D eigenvalue weighted by atomic mass is 10.0. The standard InChI is InChI=1S/C14H17F2N3/c1-2-19-7-6-18-14(19)9-10(17)8-11-12(15)4-3-5-13(11)16/h3-7,10H,2,8-9,17H2,1H3. The van der Waals surface area contributed by atoms with E-state index in [2.05, 4.69) is 4.98 Å². The lowest BCUT2D eigenvalue weighted by Gasteiger charge is -2.13. The lowest BCUT2D eigenvalue weighted by molar-refractivity contribution is 0.526. The predicted octanol–water partition coefficient (Wildman–Crippen LogP) is 2.29. The Labute approximate surface area is 111 Å². The van der Waals surface area contributed by atoms with E-state index < -0.39 is 11.6 Å². The summed E-state index contributed by atoms with van der Waals surface area (Å²) in [6.45, 7) is 2.81. The van der Waals surface area contributed by atoms with Crippen molar-refractivity contribution in [1.29, 1.82) is 0 Å². The van der Waals surface area contributed by atoms with Gasteiger partial charge in [0.1, 0.15) is 17.5 Å². The normalized spacial score (nSPS) is 12.6. The first kappa shape index (κ1) is 13.7. The third kappa shape index (κ3) is 3.17. The Hall–Kier alpha value is -1.75. The van der Waals surface area contributed by atoms with Gasteiger partial charge in [0, 0.05) is 37.0 Å². The molecule has 0 amide bonds. The number of nitrogens with zero attached hydrogens (tertiary/aromatic N) is 2. The summed E-state index contributed by atoms with van der Waals surface area (Å²) >= 11 is 0. The van der Waals surface area contributed by atoms with Gasteiger partial charge in [-0.1, -0.05) is 6.07 Å². The zero-order valence-electron chi connectivity index (χ0n) is 10.8. The van der Waals surface area contributed by atoms with Gasteiger partial charge in [0.05, 0.1) is 0 Å². The van der Waals surface area contributed by atoms with E-state index in [1.807, 2.05) is 17.7 Å².